The predicted octanol–water partition coefficient (Wildman–Crippen LogP) is 3.93. The second-order valence-corrected chi connectivity index (χ2v) is 8.05. The van der Waals surface area contributed by atoms with Crippen LogP contribution < -0.4 is 5.76 Å². The van der Waals surface area contributed by atoms with E-state index in [1.165, 1.54) is 0 Å². The molecule has 27 heavy (non-hydrogen) atoms. The van der Waals surface area contributed by atoms with Gasteiger partial charge in [0.25, 0.3) is 0 Å². The Morgan fingerprint density at radius 1 is 1.19 bits per heavy atom. The van der Waals surface area contributed by atoms with E-state index in [0.717, 1.165) is 12.8 Å². The van der Waals surface area contributed by atoms with Gasteiger partial charge in [0, 0.05) is 24.9 Å². The van der Waals surface area contributed by atoms with E-state index in [0.29, 0.717) is 28.8 Å². The largest absolute Gasteiger partial charge is 0.506 e. The lowest BCUT2D eigenvalue weighted by atomic mass is 9.73. The first-order valence-corrected chi connectivity index (χ1v) is 9.29. The fourth-order valence-electron chi connectivity index (χ4n) is 3.77. The van der Waals surface area contributed by atoms with Crippen molar-refractivity contribution < 1.29 is 19.1 Å². The maximum atomic E-state index is 12.5. The topological polar surface area (TPSA) is 89.5 Å². The van der Waals surface area contributed by atoms with Gasteiger partial charge in [-0.3, -0.25) is 14.2 Å². The average Bonchev–Trinajstić information content (AvgIpc) is 2.87. The number of carbonyl (C=O) groups is 2. The van der Waals surface area contributed by atoms with Crippen molar-refractivity contribution in [3.63, 3.8) is 0 Å². The highest BCUT2D eigenvalue weighted by atomic mass is 16.4. The van der Waals surface area contributed by atoms with Crippen molar-refractivity contribution in [3.8, 4) is 0 Å². The Kier molecular flexibility index (Phi) is 4.84. The number of rotatable bonds is 4. The third kappa shape index (κ3) is 3.36. The molecular weight excluding hydrogens is 346 g/mol. The summed E-state index contributed by atoms with van der Waals surface area (Å²) < 4.78 is 6.85. The van der Waals surface area contributed by atoms with Crippen LogP contribution in [0.4, 0.5) is 0 Å². The molecular formula is C21H25NO5. The summed E-state index contributed by atoms with van der Waals surface area (Å²) >= 11 is 0. The molecule has 2 aromatic rings. The number of aliphatic hydroxyl groups is 1. The van der Waals surface area contributed by atoms with Crippen molar-refractivity contribution in [1.82, 2.24) is 4.57 Å². The summed E-state index contributed by atoms with van der Waals surface area (Å²) in [6.07, 6.45) is 2.17. The smallest absolute Gasteiger partial charge is 0.419 e. The summed E-state index contributed by atoms with van der Waals surface area (Å²) in [4.78, 5) is 37.2. The zero-order chi connectivity index (χ0) is 19.9. The number of aliphatic hydroxyl groups excluding tert-OH is 1. The molecule has 0 unspecified atom stereocenters. The van der Waals surface area contributed by atoms with Crippen LogP contribution in [0.3, 0.4) is 0 Å². The molecule has 1 N–H and O–H groups in total. The monoisotopic (exact) mass is 371 g/mol. The van der Waals surface area contributed by atoms with Gasteiger partial charge >= 0.3 is 5.76 Å². The Morgan fingerprint density at radius 3 is 2.41 bits per heavy atom. The lowest BCUT2D eigenvalue weighted by Gasteiger charge is -2.29. The molecule has 1 aromatic carbocycles. The van der Waals surface area contributed by atoms with Gasteiger partial charge in [0.15, 0.2) is 17.1 Å². The van der Waals surface area contributed by atoms with Crippen molar-refractivity contribution in [3.05, 3.63) is 39.4 Å². The minimum absolute atomic E-state index is 0.136. The molecule has 0 radical (unpaired) electrons. The van der Waals surface area contributed by atoms with E-state index < -0.39 is 11.2 Å². The third-order valence-corrected chi connectivity index (χ3v) is 5.14. The summed E-state index contributed by atoms with van der Waals surface area (Å²) in [5, 5.41) is 10.8. The average molecular weight is 371 g/mol. The van der Waals surface area contributed by atoms with E-state index in [1.807, 2.05) is 20.8 Å². The van der Waals surface area contributed by atoms with Crippen LogP contribution in [0.2, 0.25) is 0 Å². The van der Waals surface area contributed by atoms with Gasteiger partial charge in [-0.1, -0.05) is 27.2 Å². The first kappa shape index (κ1) is 19.1. The van der Waals surface area contributed by atoms with Gasteiger partial charge in [-0.2, -0.15) is 0 Å². The molecule has 6 nitrogen and oxygen atoms in total. The van der Waals surface area contributed by atoms with Crippen molar-refractivity contribution in [2.45, 2.75) is 59.9 Å². The molecule has 0 atom stereocenters. The number of Topliss-reactive ketones (excluding diaryl/α,β-unsaturated/α-hetero) is 2. The van der Waals surface area contributed by atoms with E-state index in [9.17, 15) is 19.5 Å². The minimum Gasteiger partial charge on any atom is -0.506 e. The number of hydrogen-bond acceptors (Lipinski definition) is 5. The highest BCUT2D eigenvalue weighted by Crippen LogP contribution is 2.37. The van der Waals surface area contributed by atoms with Crippen molar-refractivity contribution in [2.75, 3.05) is 0 Å². The zero-order valence-electron chi connectivity index (χ0n) is 16.2. The van der Waals surface area contributed by atoms with Crippen LogP contribution >= 0.6 is 0 Å². The van der Waals surface area contributed by atoms with E-state index >= 15 is 0 Å². The van der Waals surface area contributed by atoms with Gasteiger partial charge in [0.2, 0.25) is 0 Å². The predicted molar refractivity (Wildman–Crippen MR) is 103 cm³/mol. The number of fused-ring (bicyclic) bond motifs is 1. The normalized spacial score (nSPS) is 17.0. The number of aromatic nitrogens is 1. The van der Waals surface area contributed by atoms with E-state index in [-0.39, 0.29) is 35.7 Å². The molecule has 6 heteroatoms. The maximum Gasteiger partial charge on any atom is 0.419 e. The van der Waals surface area contributed by atoms with Crippen LogP contribution in [-0.4, -0.2) is 21.2 Å². The summed E-state index contributed by atoms with van der Waals surface area (Å²) in [7, 11) is 0. The van der Waals surface area contributed by atoms with Crippen LogP contribution in [0.1, 0.15) is 57.6 Å². The van der Waals surface area contributed by atoms with Crippen LogP contribution in [0, 0.1) is 12.3 Å². The Balaban J connectivity index is 2.17. The molecule has 0 saturated heterocycles. The molecule has 0 amide bonds. The number of oxazole rings is 1. The van der Waals surface area contributed by atoms with Crippen LogP contribution in [0.5, 0.6) is 0 Å². The fourth-order valence-corrected chi connectivity index (χ4v) is 3.77. The molecule has 1 saturated carbocycles. The molecule has 1 fully saturated rings. The minimum atomic E-state index is -0.447. The van der Waals surface area contributed by atoms with Gasteiger partial charge in [0.05, 0.1) is 5.52 Å². The Labute approximate surface area is 157 Å². The molecule has 0 bridgehead atoms. The first-order valence-electron chi connectivity index (χ1n) is 9.29. The number of allylic oxidation sites excluding steroid dienone is 1. The Bertz CT molecular complexity index is 997. The third-order valence-electron chi connectivity index (χ3n) is 5.14. The molecule has 3 rings (SSSR count). The Hall–Kier alpha value is -2.63. The lowest BCUT2D eigenvalue weighted by Crippen LogP contribution is -2.32. The number of benzene rings is 1. The summed E-state index contributed by atoms with van der Waals surface area (Å²) in [5.41, 5.74) is 1.48. The van der Waals surface area contributed by atoms with Gasteiger partial charge in [0.1, 0.15) is 11.3 Å². The maximum absolute atomic E-state index is 12.5. The van der Waals surface area contributed by atoms with E-state index in [4.69, 9.17) is 4.42 Å². The van der Waals surface area contributed by atoms with Crippen LogP contribution in [0.15, 0.2) is 26.9 Å². The number of ketones is 2. The quantitative estimate of drug-likeness (QED) is 0.500. The SMILES string of the molecule is CCCCn1c(=O)oc2ccc(C(O)=C3C(=O)CC(C)(C)CC3=O)c(C)c21. The standard InChI is InChI=1S/C21H25NO5/c1-5-6-9-22-18-12(2)13(7-8-16(18)27-20(22)26)19(25)17-14(23)10-21(3,4)11-15(17)24/h7-8,25H,5-6,9-11H2,1-4H3. The second-order valence-electron chi connectivity index (χ2n) is 8.05. The number of unbranched alkanes of at least 4 members (excludes halogenated alkanes) is 1. The highest BCUT2D eigenvalue weighted by Gasteiger charge is 2.38. The second kappa shape index (κ2) is 6.83. The molecule has 1 aliphatic rings. The molecule has 1 aliphatic carbocycles. The van der Waals surface area contributed by atoms with E-state index in [2.05, 4.69) is 0 Å². The van der Waals surface area contributed by atoms with Gasteiger partial charge in [-0.05, 0) is 36.5 Å². The van der Waals surface area contributed by atoms with Crippen molar-refractivity contribution in [1.29, 1.82) is 0 Å². The number of carbonyl (C=O) groups excluding carboxylic acids is 2. The summed E-state index contributed by atoms with van der Waals surface area (Å²) in [6, 6.07) is 3.19. The number of nitrogens with zero attached hydrogens (tertiary/aromatic N) is 1. The van der Waals surface area contributed by atoms with Crippen molar-refractivity contribution >= 4 is 28.4 Å². The summed E-state index contributed by atoms with van der Waals surface area (Å²) in [5.74, 6) is -1.44. The number of aryl methyl sites for hydroxylation is 2. The van der Waals surface area contributed by atoms with Crippen LogP contribution in [-0.2, 0) is 16.1 Å². The zero-order valence-corrected chi connectivity index (χ0v) is 16.2. The molecule has 1 heterocycles. The highest BCUT2D eigenvalue weighted by molar-refractivity contribution is 6.26. The van der Waals surface area contributed by atoms with E-state index in [1.54, 1.807) is 23.6 Å². The number of hydrogen-bond donors (Lipinski definition) is 1. The molecule has 0 spiro atoms. The molecule has 144 valence electrons. The van der Waals surface area contributed by atoms with Crippen molar-refractivity contribution in [2.24, 2.45) is 5.41 Å². The Morgan fingerprint density at radius 2 is 1.81 bits per heavy atom. The lowest BCUT2D eigenvalue weighted by molar-refractivity contribution is -0.127. The fraction of sp³-hybridized carbons (Fsp3) is 0.476. The van der Waals surface area contributed by atoms with Gasteiger partial charge in [-0.25, -0.2) is 4.79 Å². The van der Waals surface area contributed by atoms with Crippen LogP contribution in [0.25, 0.3) is 16.9 Å². The molecule has 1 aromatic heterocycles. The first-order chi connectivity index (χ1) is 12.7. The van der Waals surface area contributed by atoms with Gasteiger partial charge < -0.3 is 9.52 Å². The summed E-state index contributed by atoms with van der Waals surface area (Å²) in [6.45, 7) is 8.03. The van der Waals surface area contributed by atoms with Gasteiger partial charge in [-0.15, -0.1) is 0 Å². The molecule has 0 aliphatic heterocycles.